The Balaban J connectivity index is 2.64. The van der Waals surface area contributed by atoms with Crippen LogP contribution in [-0.2, 0) is 17.5 Å². The van der Waals surface area contributed by atoms with Crippen LogP contribution in [0.5, 0.6) is 0 Å². The SMILES string of the molecule is CNCC(C)C(=O)N(C)Cc1nc(C(F)(F)F)cs1. The second-order valence-corrected chi connectivity index (χ2v) is 5.22. The molecule has 0 aliphatic heterocycles. The van der Waals surface area contributed by atoms with Gasteiger partial charge in [-0.25, -0.2) is 4.98 Å². The molecule has 108 valence electrons. The molecule has 19 heavy (non-hydrogen) atoms. The van der Waals surface area contributed by atoms with E-state index in [0.717, 1.165) is 16.7 Å². The zero-order valence-corrected chi connectivity index (χ0v) is 11.7. The number of carbonyl (C=O) groups is 1. The molecule has 0 bridgehead atoms. The number of alkyl halides is 3. The Morgan fingerprint density at radius 1 is 1.58 bits per heavy atom. The van der Waals surface area contributed by atoms with Crippen LogP contribution in [0.3, 0.4) is 0 Å². The van der Waals surface area contributed by atoms with Crippen molar-refractivity contribution in [2.45, 2.75) is 19.6 Å². The Labute approximate surface area is 113 Å². The summed E-state index contributed by atoms with van der Waals surface area (Å²) in [7, 11) is 3.30. The molecule has 4 nitrogen and oxygen atoms in total. The number of carbonyl (C=O) groups excluding carboxylic acids is 1. The van der Waals surface area contributed by atoms with E-state index in [4.69, 9.17) is 0 Å². The fourth-order valence-electron chi connectivity index (χ4n) is 1.56. The van der Waals surface area contributed by atoms with Gasteiger partial charge in [0, 0.05) is 24.9 Å². The molecule has 0 saturated carbocycles. The molecule has 1 amide bonds. The Kier molecular flexibility index (Phi) is 5.30. The highest BCUT2D eigenvalue weighted by molar-refractivity contribution is 7.09. The summed E-state index contributed by atoms with van der Waals surface area (Å²) in [5, 5.41) is 4.12. The van der Waals surface area contributed by atoms with E-state index in [9.17, 15) is 18.0 Å². The molecule has 0 spiro atoms. The van der Waals surface area contributed by atoms with Crippen LogP contribution < -0.4 is 5.32 Å². The van der Waals surface area contributed by atoms with Gasteiger partial charge in [0.25, 0.3) is 0 Å². The lowest BCUT2D eigenvalue weighted by atomic mass is 10.1. The van der Waals surface area contributed by atoms with E-state index in [-0.39, 0.29) is 23.4 Å². The third kappa shape index (κ3) is 4.46. The Bertz CT molecular complexity index is 433. The maximum absolute atomic E-state index is 12.4. The zero-order valence-electron chi connectivity index (χ0n) is 10.9. The van der Waals surface area contributed by atoms with Gasteiger partial charge in [0.1, 0.15) is 5.01 Å². The summed E-state index contributed by atoms with van der Waals surface area (Å²) in [5.74, 6) is -0.352. The van der Waals surface area contributed by atoms with Crippen molar-refractivity contribution >= 4 is 17.2 Å². The molecule has 1 rings (SSSR count). The standard InChI is InChI=1S/C11H16F3N3OS/c1-7(4-15-2)10(18)17(3)5-9-16-8(6-19-9)11(12,13)14/h6-7,15H,4-5H2,1-3H3. The molecule has 1 atom stereocenters. The minimum atomic E-state index is -4.43. The lowest BCUT2D eigenvalue weighted by molar-refractivity contribution is -0.140. The maximum atomic E-state index is 12.4. The second-order valence-electron chi connectivity index (χ2n) is 4.28. The van der Waals surface area contributed by atoms with Gasteiger partial charge in [-0.2, -0.15) is 13.2 Å². The van der Waals surface area contributed by atoms with E-state index >= 15 is 0 Å². The van der Waals surface area contributed by atoms with Crippen LogP contribution in [0.25, 0.3) is 0 Å². The number of nitrogens with one attached hydrogen (secondary N) is 1. The first kappa shape index (κ1) is 15.9. The van der Waals surface area contributed by atoms with Crippen molar-refractivity contribution in [1.82, 2.24) is 15.2 Å². The Morgan fingerprint density at radius 3 is 2.68 bits per heavy atom. The minimum absolute atomic E-state index is 0.0909. The lowest BCUT2D eigenvalue weighted by Crippen LogP contribution is -2.35. The number of nitrogens with zero attached hydrogens (tertiary/aromatic N) is 2. The number of thiazole rings is 1. The quantitative estimate of drug-likeness (QED) is 0.903. The number of aromatic nitrogens is 1. The third-order valence-corrected chi connectivity index (χ3v) is 3.36. The first-order chi connectivity index (χ1) is 8.75. The minimum Gasteiger partial charge on any atom is -0.339 e. The molecule has 1 N–H and O–H groups in total. The predicted molar refractivity (Wildman–Crippen MR) is 66.7 cm³/mol. The van der Waals surface area contributed by atoms with Gasteiger partial charge >= 0.3 is 6.18 Å². The van der Waals surface area contributed by atoms with Crippen LogP contribution in [0.15, 0.2) is 5.38 Å². The van der Waals surface area contributed by atoms with E-state index in [1.807, 2.05) is 0 Å². The molecular weight excluding hydrogens is 279 g/mol. The largest absolute Gasteiger partial charge is 0.434 e. The van der Waals surface area contributed by atoms with Crippen molar-refractivity contribution in [3.8, 4) is 0 Å². The topological polar surface area (TPSA) is 45.2 Å². The summed E-state index contributed by atoms with van der Waals surface area (Å²) in [5.41, 5.74) is -0.906. The zero-order chi connectivity index (χ0) is 14.6. The first-order valence-electron chi connectivity index (χ1n) is 5.67. The van der Waals surface area contributed by atoms with Crippen LogP contribution >= 0.6 is 11.3 Å². The van der Waals surface area contributed by atoms with Crippen molar-refractivity contribution in [2.75, 3.05) is 20.6 Å². The summed E-state index contributed by atoms with van der Waals surface area (Å²) >= 11 is 0.907. The molecule has 1 heterocycles. The van der Waals surface area contributed by atoms with Crippen LogP contribution in [0.4, 0.5) is 13.2 Å². The van der Waals surface area contributed by atoms with Gasteiger partial charge in [-0.15, -0.1) is 11.3 Å². The summed E-state index contributed by atoms with van der Waals surface area (Å²) < 4.78 is 37.1. The van der Waals surface area contributed by atoms with Gasteiger partial charge in [-0.3, -0.25) is 4.79 Å². The van der Waals surface area contributed by atoms with Crippen molar-refractivity contribution < 1.29 is 18.0 Å². The molecule has 0 aromatic carbocycles. The van der Waals surface area contributed by atoms with Gasteiger partial charge in [0.05, 0.1) is 6.54 Å². The van der Waals surface area contributed by atoms with E-state index in [2.05, 4.69) is 10.3 Å². The molecule has 8 heteroatoms. The average Bonchev–Trinajstić information content (AvgIpc) is 2.76. The molecule has 0 aliphatic rings. The number of halogens is 3. The summed E-state index contributed by atoms with van der Waals surface area (Å²) in [6, 6.07) is 0. The highest BCUT2D eigenvalue weighted by Gasteiger charge is 2.33. The van der Waals surface area contributed by atoms with Crippen molar-refractivity contribution in [1.29, 1.82) is 0 Å². The van der Waals surface area contributed by atoms with Gasteiger partial charge < -0.3 is 10.2 Å². The van der Waals surface area contributed by atoms with Crippen molar-refractivity contribution in [3.63, 3.8) is 0 Å². The highest BCUT2D eigenvalue weighted by Crippen LogP contribution is 2.30. The second kappa shape index (κ2) is 6.33. The first-order valence-corrected chi connectivity index (χ1v) is 6.54. The Morgan fingerprint density at radius 2 is 2.21 bits per heavy atom. The molecule has 1 aromatic heterocycles. The fraction of sp³-hybridized carbons (Fsp3) is 0.636. The summed E-state index contributed by atoms with van der Waals surface area (Å²) in [4.78, 5) is 16.8. The molecule has 1 aromatic rings. The van der Waals surface area contributed by atoms with E-state index < -0.39 is 11.9 Å². The number of hydrogen-bond acceptors (Lipinski definition) is 4. The molecule has 1 unspecified atom stereocenters. The van der Waals surface area contributed by atoms with Gasteiger partial charge in [-0.1, -0.05) is 6.92 Å². The molecule has 0 saturated heterocycles. The smallest absolute Gasteiger partial charge is 0.339 e. The van der Waals surface area contributed by atoms with Gasteiger partial charge in [0.2, 0.25) is 5.91 Å². The number of hydrogen-bond donors (Lipinski definition) is 1. The van der Waals surface area contributed by atoms with Gasteiger partial charge in [0.15, 0.2) is 5.69 Å². The molecule has 0 aliphatic carbocycles. The van der Waals surface area contributed by atoms with Gasteiger partial charge in [-0.05, 0) is 7.05 Å². The summed E-state index contributed by atoms with van der Waals surface area (Å²) in [6.07, 6.45) is -4.43. The van der Waals surface area contributed by atoms with E-state index in [1.54, 1.807) is 21.0 Å². The fourth-order valence-corrected chi connectivity index (χ4v) is 2.42. The van der Waals surface area contributed by atoms with Crippen LogP contribution in [0.2, 0.25) is 0 Å². The van der Waals surface area contributed by atoms with Crippen LogP contribution in [0.1, 0.15) is 17.6 Å². The van der Waals surface area contributed by atoms with E-state index in [1.165, 1.54) is 4.90 Å². The maximum Gasteiger partial charge on any atom is 0.434 e. The third-order valence-electron chi connectivity index (χ3n) is 2.52. The normalized spacial score (nSPS) is 13.4. The molecular formula is C11H16F3N3OS. The number of rotatable bonds is 5. The Hall–Kier alpha value is -1.15. The van der Waals surface area contributed by atoms with E-state index in [0.29, 0.717) is 6.54 Å². The summed E-state index contributed by atoms with van der Waals surface area (Å²) in [6.45, 7) is 2.38. The molecule has 0 radical (unpaired) electrons. The van der Waals surface area contributed by atoms with Crippen LogP contribution in [-0.4, -0.2) is 36.4 Å². The van der Waals surface area contributed by atoms with Crippen LogP contribution in [0, 0.1) is 5.92 Å². The average molecular weight is 295 g/mol. The monoisotopic (exact) mass is 295 g/mol. The van der Waals surface area contributed by atoms with Crippen molar-refractivity contribution in [3.05, 3.63) is 16.1 Å². The lowest BCUT2D eigenvalue weighted by Gasteiger charge is -2.20. The number of amides is 1. The highest BCUT2D eigenvalue weighted by atomic mass is 32.1. The predicted octanol–water partition coefficient (Wildman–Crippen LogP) is 1.98. The van der Waals surface area contributed by atoms with Crippen molar-refractivity contribution in [2.24, 2.45) is 5.92 Å². The molecule has 0 fully saturated rings.